The van der Waals surface area contributed by atoms with Crippen LogP contribution in [0.15, 0.2) is 24.3 Å². The van der Waals surface area contributed by atoms with Crippen molar-refractivity contribution in [2.24, 2.45) is 0 Å². The van der Waals surface area contributed by atoms with Crippen molar-refractivity contribution < 1.29 is 27.4 Å². The summed E-state index contributed by atoms with van der Waals surface area (Å²) in [6, 6.07) is 5.87. The highest BCUT2D eigenvalue weighted by atomic mass is 19.4. The molecule has 1 amide bonds. The van der Waals surface area contributed by atoms with Crippen molar-refractivity contribution in [1.29, 1.82) is 0 Å². The van der Waals surface area contributed by atoms with Gasteiger partial charge in [-0.1, -0.05) is 12.1 Å². The summed E-state index contributed by atoms with van der Waals surface area (Å²) >= 11 is 0. The zero-order valence-electron chi connectivity index (χ0n) is 9.58. The van der Waals surface area contributed by atoms with E-state index in [1.54, 1.807) is 6.07 Å². The predicted molar refractivity (Wildman–Crippen MR) is 58.5 cm³/mol. The van der Waals surface area contributed by atoms with Crippen molar-refractivity contribution >= 4 is 11.6 Å². The van der Waals surface area contributed by atoms with Crippen LogP contribution in [0.25, 0.3) is 0 Å². The molecule has 0 spiro atoms. The smallest absolute Gasteiger partial charge is 0.422 e. The molecule has 0 aliphatic carbocycles. The summed E-state index contributed by atoms with van der Waals surface area (Å²) in [4.78, 5) is 11.3. The highest BCUT2D eigenvalue weighted by molar-refractivity contribution is 5.93. The fraction of sp³-hybridized carbons (Fsp3) is 0.364. The number of methoxy groups -OCH3 is 1. The molecule has 0 unspecified atom stereocenters. The number of rotatable bonds is 5. The maximum Gasteiger partial charge on any atom is 0.422 e. The quantitative estimate of drug-likeness (QED) is 0.886. The number of hydrogen-bond donors (Lipinski definition) is 1. The minimum Gasteiger partial charge on any atom is -0.482 e. The summed E-state index contributed by atoms with van der Waals surface area (Å²) < 4.78 is 45.3. The van der Waals surface area contributed by atoms with Gasteiger partial charge in [-0.25, -0.2) is 0 Å². The van der Waals surface area contributed by atoms with Crippen LogP contribution in [-0.2, 0) is 9.53 Å². The van der Waals surface area contributed by atoms with Gasteiger partial charge in [0.1, 0.15) is 12.4 Å². The summed E-state index contributed by atoms with van der Waals surface area (Å²) in [5.41, 5.74) is 0.170. The van der Waals surface area contributed by atoms with Gasteiger partial charge in [0.25, 0.3) is 0 Å². The number of para-hydroxylation sites is 2. The molecular formula is C11H12F3NO3. The van der Waals surface area contributed by atoms with Gasteiger partial charge in [0, 0.05) is 7.11 Å². The molecule has 1 aromatic rings. The second-order valence-corrected chi connectivity index (χ2v) is 3.38. The van der Waals surface area contributed by atoms with Gasteiger partial charge < -0.3 is 14.8 Å². The lowest BCUT2D eigenvalue weighted by Gasteiger charge is -2.13. The molecule has 1 aromatic carbocycles. The van der Waals surface area contributed by atoms with Crippen LogP contribution < -0.4 is 10.1 Å². The number of amides is 1. The monoisotopic (exact) mass is 263 g/mol. The summed E-state index contributed by atoms with van der Waals surface area (Å²) in [6.07, 6.45) is -4.43. The molecule has 0 fully saturated rings. The van der Waals surface area contributed by atoms with Crippen LogP contribution in [0, 0.1) is 0 Å². The van der Waals surface area contributed by atoms with Crippen LogP contribution in [0.2, 0.25) is 0 Å². The molecule has 4 nitrogen and oxygen atoms in total. The lowest BCUT2D eigenvalue weighted by Crippen LogP contribution is -2.21. The minimum absolute atomic E-state index is 0.0423. The average Bonchev–Trinajstić information content (AvgIpc) is 2.27. The fourth-order valence-electron chi connectivity index (χ4n) is 1.17. The molecule has 0 saturated carbocycles. The van der Waals surface area contributed by atoms with Gasteiger partial charge in [0.15, 0.2) is 6.61 Å². The van der Waals surface area contributed by atoms with Crippen LogP contribution in [0.5, 0.6) is 5.75 Å². The number of benzene rings is 1. The van der Waals surface area contributed by atoms with E-state index >= 15 is 0 Å². The van der Waals surface area contributed by atoms with Gasteiger partial charge in [-0.05, 0) is 12.1 Å². The first-order valence-corrected chi connectivity index (χ1v) is 5.00. The number of alkyl halides is 3. The molecular weight excluding hydrogens is 251 g/mol. The van der Waals surface area contributed by atoms with Crippen molar-refractivity contribution in [3.8, 4) is 5.75 Å². The van der Waals surface area contributed by atoms with Crippen LogP contribution in [0.4, 0.5) is 18.9 Å². The third-order valence-electron chi connectivity index (χ3n) is 1.83. The van der Waals surface area contributed by atoms with E-state index < -0.39 is 18.7 Å². The number of hydrogen-bond acceptors (Lipinski definition) is 3. The van der Waals surface area contributed by atoms with E-state index in [4.69, 9.17) is 0 Å². The second kappa shape index (κ2) is 6.25. The largest absolute Gasteiger partial charge is 0.482 e. The SMILES string of the molecule is COCC(=O)Nc1ccccc1OCC(F)(F)F. The highest BCUT2D eigenvalue weighted by Gasteiger charge is 2.28. The van der Waals surface area contributed by atoms with Gasteiger partial charge in [0.05, 0.1) is 5.69 Å². The Kier molecular flexibility index (Phi) is 4.96. The Morgan fingerprint density at radius 3 is 2.61 bits per heavy atom. The lowest BCUT2D eigenvalue weighted by molar-refractivity contribution is -0.153. The lowest BCUT2D eigenvalue weighted by atomic mass is 10.3. The van der Waals surface area contributed by atoms with Gasteiger partial charge in [-0.2, -0.15) is 13.2 Å². The topological polar surface area (TPSA) is 47.6 Å². The van der Waals surface area contributed by atoms with Crippen LogP contribution >= 0.6 is 0 Å². The second-order valence-electron chi connectivity index (χ2n) is 3.38. The van der Waals surface area contributed by atoms with E-state index in [9.17, 15) is 18.0 Å². The molecule has 0 saturated heterocycles. The molecule has 18 heavy (non-hydrogen) atoms. The Balaban J connectivity index is 2.70. The molecule has 0 atom stereocenters. The first kappa shape index (κ1) is 14.3. The molecule has 7 heteroatoms. The Morgan fingerprint density at radius 2 is 2.00 bits per heavy atom. The van der Waals surface area contributed by atoms with Crippen LogP contribution in [0.3, 0.4) is 0 Å². The number of anilines is 1. The van der Waals surface area contributed by atoms with Crippen LogP contribution in [0.1, 0.15) is 0 Å². The molecule has 0 heterocycles. The van der Waals surface area contributed by atoms with E-state index in [1.807, 2.05) is 0 Å². The predicted octanol–water partition coefficient (Wildman–Crippen LogP) is 2.21. The number of halogens is 3. The van der Waals surface area contributed by atoms with Gasteiger partial charge in [-0.3, -0.25) is 4.79 Å². The summed E-state index contributed by atoms with van der Waals surface area (Å²) in [5.74, 6) is -0.514. The van der Waals surface area contributed by atoms with E-state index in [2.05, 4.69) is 14.8 Å². The van der Waals surface area contributed by atoms with Crippen molar-refractivity contribution in [1.82, 2.24) is 0 Å². The summed E-state index contributed by atoms with van der Waals surface area (Å²) in [6.45, 7) is -1.60. The fourth-order valence-corrected chi connectivity index (χ4v) is 1.17. The van der Waals surface area contributed by atoms with Crippen molar-refractivity contribution in [3.05, 3.63) is 24.3 Å². The standard InChI is InChI=1S/C11H12F3NO3/c1-17-6-10(16)15-8-4-2-3-5-9(8)18-7-11(12,13)14/h2-5H,6-7H2,1H3,(H,15,16). The van der Waals surface area contributed by atoms with Gasteiger partial charge in [0.2, 0.25) is 5.91 Å². The normalized spacial score (nSPS) is 11.1. The number of nitrogens with one attached hydrogen (secondary N) is 1. The van der Waals surface area contributed by atoms with Gasteiger partial charge >= 0.3 is 6.18 Å². The molecule has 0 aliphatic heterocycles. The first-order chi connectivity index (χ1) is 8.42. The van der Waals surface area contributed by atoms with E-state index in [1.165, 1.54) is 25.3 Å². The molecule has 1 N–H and O–H groups in total. The van der Waals surface area contributed by atoms with Crippen molar-refractivity contribution in [3.63, 3.8) is 0 Å². The summed E-state index contributed by atoms with van der Waals surface area (Å²) in [5, 5.41) is 2.39. The van der Waals surface area contributed by atoms with Crippen molar-refractivity contribution in [2.45, 2.75) is 6.18 Å². The molecule has 0 aromatic heterocycles. The molecule has 0 bridgehead atoms. The van der Waals surface area contributed by atoms with E-state index in [0.717, 1.165) is 0 Å². The van der Waals surface area contributed by atoms with E-state index in [-0.39, 0.29) is 18.0 Å². The maximum atomic E-state index is 12.0. The number of carbonyl (C=O) groups excluding carboxylic acids is 1. The van der Waals surface area contributed by atoms with Gasteiger partial charge in [-0.15, -0.1) is 0 Å². The minimum atomic E-state index is -4.43. The molecule has 1 rings (SSSR count). The third-order valence-corrected chi connectivity index (χ3v) is 1.83. The Morgan fingerprint density at radius 1 is 1.33 bits per heavy atom. The number of ether oxygens (including phenoxy) is 2. The first-order valence-electron chi connectivity index (χ1n) is 5.00. The molecule has 100 valence electrons. The molecule has 0 radical (unpaired) electrons. The highest BCUT2D eigenvalue weighted by Crippen LogP contribution is 2.26. The van der Waals surface area contributed by atoms with E-state index in [0.29, 0.717) is 0 Å². The Hall–Kier alpha value is -1.76. The zero-order chi connectivity index (χ0) is 13.6. The Bertz CT molecular complexity index is 407. The third kappa shape index (κ3) is 5.05. The molecule has 0 aliphatic rings. The maximum absolute atomic E-state index is 12.0. The average molecular weight is 263 g/mol. The van der Waals surface area contributed by atoms with Crippen LogP contribution in [-0.4, -0.2) is 32.4 Å². The zero-order valence-corrected chi connectivity index (χ0v) is 9.58. The number of carbonyl (C=O) groups is 1. The summed E-state index contributed by atoms with van der Waals surface area (Å²) in [7, 11) is 1.34. The van der Waals surface area contributed by atoms with Crippen molar-refractivity contribution in [2.75, 3.05) is 25.6 Å². The Labute approximate surface area is 102 Å².